The van der Waals surface area contributed by atoms with Gasteiger partial charge >= 0.3 is 5.97 Å². The number of ether oxygens (including phenoxy) is 1. The van der Waals surface area contributed by atoms with Crippen LogP contribution in [0.1, 0.15) is 30.1 Å². The molecule has 6 heteroatoms. The maximum Gasteiger partial charge on any atom is 0.303 e. The van der Waals surface area contributed by atoms with Crippen molar-refractivity contribution in [2.45, 2.75) is 25.9 Å². The first-order chi connectivity index (χ1) is 8.93. The number of benzene rings is 1. The van der Waals surface area contributed by atoms with Crippen LogP contribution in [0.2, 0.25) is 0 Å². The van der Waals surface area contributed by atoms with Crippen molar-refractivity contribution in [1.29, 1.82) is 0 Å². The van der Waals surface area contributed by atoms with Gasteiger partial charge in [-0.1, -0.05) is 15.9 Å². The van der Waals surface area contributed by atoms with E-state index in [-0.39, 0.29) is 24.4 Å². The molecular formula is C13H14BrFO4. The number of ketones is 1. The zero-order valence-corrected chi connectivity index (χ0v) is 11.9. The van der Waals surface area contributed by atoms with E-state index in [0.29, 0.717) is 10.0 Å². The summed E-state index contributed by atoms with van der Waals surface area (Å²) in [5.41, 5.74) is 0.336. The quantitative estimate of drug-likeness (QED) is 0.778. The van der Waals surface area contributed by atoms with Crippen molar-refractivity contribution in [2.75, 3.05) is 6.67 Å². The van der Waals surface area contributed by atoms with Crippen molar-refractivity contribution in [3.63, 3.8) is 0 Å². The number of carbonyl (C=O) groups excluding carboxylic acids is 1. The smallest absolute Gasteiger partial charge is 0.303 e. The fourth-order valence-corrected chi connectivity index (χ4v) is 1.87. The van der Waals surface area contributed by atoms with Gasteiger partial charge in [0.05, 0.1) is 5.56 Å². The van der Waals surface area contributed by atoms with Gasteiger partial charge in [0.15, 0.2) is 5.78 Å². The molecule has 0 heterocycles. The predicted molar refractivity (Wildman–Crippen MR) is 71.4 cm³/mol. The maximum absolute atomic E-state index is 12.8. The van der Waals surface area contributed by atoms with Gasteiger partial charge < -0.3 is 9.84 Å². The molecular weight excluding hydrogens is 319 g/mol. The van der Waals surface area contributed by atoms with E-state index in [4.69, 9.17) is 9.84 Å². The van der Waals surface area contributed by atoms with Crippen molar-refractivity contribution in [3.8, 4) is 5.75 Å². The van der Waals surface area contributed by atoms with Crippen LogP contribution in [0.4, 0.5) is 4.39 Å². The van der Waals surface area contributed by atoms with Crippen molar-refractivity contribution >= 4 is 27.7 Å². The van der Waals surface area contributed by atoms with Crippen molar-refractivity contribution in [1.82, 2.24) is 0 Å². The molecule has 19 heavy (non-hydrogen) atoms. The second-order valence-corrected chi connectivity index (χ2v) is 4.94. The van der Waals surface area contributed by atoms with Crippen LogP contribution in [0, 0.1) is 0 Å². The lowest BCUT2D eigenvalue weighted by molar-refractivity contribution is -0.137. The molecule has 0 aliphatic heterocycles. The van der Waals surface area contributed by atoms with E-state index in [1.165, 1.54) is 6.92 Å². The van der Waals surface area contributed by atoms with E-state index in [2.05, 4.69) is 15.9 Å². The lowest BCUT2D eigenvalue weighted by atomic mass is 10.1. The van der Waals surface area contributed by atoms with Gasteiger partial charge in [-0.15, -0.1) is 0 Å². The largest absolute Gasteiger partial charge is 0.487 e. The summed E-state index contributed by atoms with van der Waals surface area (Å²) in [6, 6.07) is 4.82. The molecule has 0 amide bonds. The topological polar surface area (TPSA) is 63.6 Å². The molecule has 0 aliphatic carbocycles. The summed E-state index contributed by atoms with van der Waals surface area (Å²) in [6.07, 6.45) is -0.991. The highest BCUT2D eigenvalue weighted by molar-refractivity contribution is 9.10. The minimum absolute atomic E-state index is 0.0548. The van der Waals surface area contributed by atoms with Gasteiger partial charge in [0.25, 0.3) is 0 Å². The standard InChI is InChI=1S/C13H14BrFO4/c1-8(16)11-6-9(14)2-4-12(11)19-10(7-15)3-5-13(17)18/h2,4,6,10H,3,5,7H2,1H3,(H,17,18)/t10-/m1/s1. The normalized spacial score (nSPS) is 11.9. The second kappa shape index (κ2) is 7.23. The summed E-state index contributed by atoms with van der Waals surface area (Å²) in [7, 11) is 0. The molecule has 1 aromatic carbocycles. The molecule has 0 aromatic heterocycles. The Hall–Kier alpha value is -1.43. The van der Waals surface area contributed by atoms with Crippen LogP contribution in [-0.4, -0.2) is 29.6 Å². The molecule has 0 saturated carbocycles. The van der Waals surface area contributed by atoms with Crippen LogP contribution in [0.15, 0.2) is 22.7 Å². The molecule has 1 rings (SSSR count). The minimum Gasteiger partial charge on any atom is -0.487 e. The van der Waals surface area contributed by atoms with E-state index in [1.54, 1.807) is 18.2 Å². The summed E-state index contributed by atoms with van der Waals surface area (Å²) in [5, 5.41) is 8.56. The van der Waals surface area contributed by atoms with Gasteiger partial charge in [-0.25, -0.2) is 4.39 Å². The van der Waals surface area contributed by atoms with Crippen molar-refractivity contribution < 1.29 is 23.8 Å². The molecule has 104 valence electrons. The molecule has 4 nitrogen and oxygen atoms in total. The summed E-state index contributed by atoms with van der Waals surface area (Å²) in [4.78, 5) is 21.9. The zero-order valence-electron chi connectivity index (χ0n) is 10.4. The number of rotatable bonds is 7. The van der Waals surface area contributed by atoms with E-state index in [0.717, 1.165) is 0 Å². The molecule has 0 unspecified atom stereocenters. The van der Waals surface area contributed by atoms with Crippen LogP contribution in [0.25, 0.3) is 0 Å². The maximum atomic E-state index is 12.8. The molecule has 0 aliphatic rings. The third-order valence-corrected chi connectivity index (χ3v) is 2.96. The van der Waals surface area contributed by atoms with Crippen LogP contribution < -0.4 is 4.74 Å². The van der Waals surface area contributed by atoms with E-state index in [1.807, 2.05) is 0 Å². The fourth-order valence-electron chi connectivity index (χ4n) is 1.51. The Morgan fingerprint density at radius 2 is 2.16 bits per heavy atom. The number of aliphatic carboxylic acids is 1. The minimum atomic E-state index is -1.01. The second-order valence-electron chi connectivity index (χ2n) is 4.02. The van der Waals surface area contributed by atoms with Gasteiger partial charge in [-0.3, -0.25) is 9.59 Å². The van der Waals surface area contributed by atoms with Gasteiger partial charge in [0.2, 0.25) is 0 Å². The molecule has 1 atom stereocenters. The number of alkyl halides is 1. The highest BCUT2D eigenvalue weighted by Crippen LogP contribution is 2.25. The highest BCUT2D eigenvalue weighted by atomic mass is 79.9. The Bertz CT molecular complexity index is 476. The Labute approximate surface area is 118 Å². The van der Waals surface area contributed by atoms with Crippen molar-refractivity contribution in [3.05, 3.63) is 28.2 Å². The lowest BCUT2D eigenvalue weighted by Gasteiger charge is -2.17. The SMILES string of the molecule is CC(=O)c1cc(Br)ccc1O[C@@H](CF)CCC(=O)O. The number of carboxylic acids is 1. The Balaban J connectivity index is 2.84. The van der Waals surface area contributed by atoms with Crippen LogP contribution in [-0.2, 0) is 4.79 Å². The van der Waals surface area contributed by atoms with Crippen LogP contribution >= 0.6 is 15.9 Å². The summed E-state index contributed by atoms with van der Waals surface area (Å²) in [6.45, 7) is 0.580. The number of hydrogen-bond acceptors (Lipinski definition) is 3. The van der Waals surface area contributed by atoms with Gasteiger partial charge in [-0.05, 0) is 31.5 Å². The van der Waals surface area contributed by atoms with Crippen LogP contribution in [0.5, 0.6) is 5.75 Å². The Morgan fingerprint density at radius 3 is 2.68 bits per heavy atom. The van der Waals surface area contributed by atoms with Gasteiger partial charge in [0.1, 0.15) is 18.5 Å². The molecule has 0 fully saturated rings. The predicted octanol–water partition coefficient (Wildman–Crippen LogP) is 3.23. The first kappa shape index (κ1) is 15.6. The zero-order chi connectivity index (χ0) is 14.4. The highest BCUT2D eigenvalue weighted by Gasteiger charge is 2.16. The number of halogens is 2. The van der Waals surface area contributed by atoms with Gasteiger partial charge in [0, 0.05) is 10.9 Å². The van der Waals surface area contributed by atoms with Crippen LogP contribution in [0.3, 0.4) is 0 Å². The molecule has 0 bridgehead atoms. The van der Waals surface area contributed by atoms with E-state index < -0.39 is 18.7 Å². The van der Waals surface area contributed by atoms with Crippen molar-refractivity contribution in [2.24, 2.45) is 0 Å². The Kier molecular flexibility index (Phi) is 5.95. The third kappa shape index (κ3) is 4.98. The number of carboxylic acid groups (broad SMARTS) is 1. The number of carbonyl (C=O) groups is 2. The average Bonchev–Trinajstić information content (AvgIpc) is 2.35. The first-order valence-electron chi connectivity index (χ1n) is 5.69. The summed E-state index contributed by atoms with van der Waals surface area (Å²) >= 11 is 3.24. The molecule has 0 saturated heterocycles. The third-order valence-electron chi connectivity index (χ3n) is 2.47. The lowest BCUT2D eigenvalue weighted by Crippen LogP contribution is -2.21. The molecule has 1 N–H and O–H groups in total. The Morgan fingerprint density at radius 1 is 1.47 bits per heavy atom. The first-order valence-corrected chi connectivity index (χ1v) is 6.48. The number of Topliss-reactive ketones (excluding diaryl/α,β-unsaturated/α-hetero) is 1. The van der Waals surface area contributed by atoms with Gasteiger partial charge in [-0.2, -0.15) is 0 Å². The monoisotopic (exact) mass is 332 g/mol. The molecule has 0 radical (unpaired) electrons. The summed E-state index contributed by atoms with van der Waals surface area (Å²) in [5.74, 6) is -0.944. The van der Waals surface area contributed by atoms with E-state index in [9.17, 15) is 14.0 Å². The number of hydrogen-bond donors (Lipinski definition) is 1. The summed E-state index contributed by atoms with van der Waals surface area (Å²) < 4.78 is 18.9. The molecule has 0 spiro atoms. The average molecular weight is 333 g/mol. The fraction of sp³-hybridized carbons (Fsp3) is 0.385. The van der Waals surface area contributed by atoms with E-state index >= 15 is 0 Å². The molecule has 1 aromatic rings.